The number of cyclic esters (lactones) is 1. The third-order valence-electron chi connectivity index (χ3n) is 14.9. The fourth-order valence-electron chi connectivity index (χ4n) is 10.2. The van der Waals surface area contributed by atoms with Crippen molar-refractivity contribution < 1.29 is 75.7 Å². The van der Waals surface area contributed by atoms with Gasteiger partial charge in [-0.3, -0.25) is 57.5 Å². The van der Waals surface area contributed by atoms with E-state index in [1.807, 2.05) is 9.80 Å². The van der Waals surface area contributed by atoms with Crippen molar-refractivity contribution in [1.82, 2.24) is 25.0 Å². The molecule has 0 saturated carbocycles. The number of phosphoric acid groups is 1. The van der Waals surface area contributed by atoms with E-state index in [1.54, 1.807) is 17.0 Å². The lowest BCUT2D eigenvalue weighted by molar-refractivity contribution is -0.177. The van der Waals surface area contributed by atoms with Crippen molar-refractivity contribution in [2.75, 3.05) is 86.0 Å². The topological polar surface area (TPSA) is 248 Å². The van der Waals surface area contributed by atoms with Crippen LogP contribution in [0.3, 0.4) is 0 Å². The van der Waals surface area contributed by atoms with Gasteiger partial charge in [-0.2, -0.15) is 0 Å². The Morgan fingerprint density at radius 3 is 1.88 bits per heavy atom. The van der Waals surface area contributed by atoms with Crippen LogP contribution in [0.1, 0.15) is 205 Å². The number of ether oxygens (including phenoxy) is 6. The van der Waals surface area contributed by atoms with E-state index in [2.05, 4.69) is 19.2 Å². The van der Waals surface area contributed by atoms with Crippen LogP contribution in [0.2, 0.25) is 0 Å². The number of methoxy groups -OCH3 is 1. The molecule has 21 nitrogen and oxygen atoms in total. The zero-order chi connectivity index (χ0) is 58.3. The fourth-order valence-corrected chi connectivity index (χ4v) is 11.0. The van der Waals surface area contributed by atoms with Gasteiger partial charge in [0.15, 0.2) is 12.7 Å². The number of nitrogens with zero attached hydrogens (tertiary/aromatic N) is 4. The molecule has 81 heavy (non-hydrogen) atoms. The summed E-state index contributed by atoms with van der Waals surface area (Å²) in [7, 11) is -3.46. The highest BCUT2D eigenvalue weighted by atomic mass is 31.2. The van der Waals surface area contributed by atoms with Gasteiger partial charge in [-0.15, -0.1) is 0 Å². The van der Waals surface area contributed by atoms with Crippen molar-refractivity contribution in [1.29, 1.82) is 0 Å². The zero-order valence-corrected chi connectivity index (χ0v) is 50.3. The quantitative estimate of drug-likeness (QED) is 0.0268. The summed E-state index contributed by atoms with van der Waals surface area (Å²) in [5, 5.41) is 2.58. The van der Waals surface area contributed by atoms with Gasteiger partial charge in [-0.05, 0) is 25.0 Å². The Morgan fingerprint density at radius 2 is 1.28 bits per heavy atom. The third-order valence-corrected chi connectivity index (χ3v) is 15.9. The van der Waals surface area contributed by atoms with Crippen molar-refractivity contribution in [3.05, 3.63) is 23.5 Å². The highest BCUT2D eigenvalue weighted by Gasteiger charge is 2.41. The summed E-state index contributed by atoms with van der Waals surface area (Å²) in [6, 6.07) is 2.92. The predicted octanol–water partition coefficient (Wildman–Crippen LogP) is 9.07. The van der Waals surface area contributed by atoms with Crippen LogP contribution in [0.25, 0.3) is 0 Å². The number of rotatable bonds is 43. The highest BCUT2D eigenvalue weighted by molar-refractivity contribution is 7.47. The fraction of sp³-hybridized carbons (Fsp3) is 0.814. The van der Waals surface area contributed by atoms with Crippen LogP contribution < -0.4 is 10.1 Å². The number of amides is 1. The number of phosphoric ester groups is 1. The number of carbonyl (C=O) groups excluding carboxylic acids is 6. The molecule has 3 aliphatic rings. The summed E-state index contributed by atoms with van der Waals surface area (Å²) < 4.78 is 56.7. The molecule has 2 fully saturated rings. The van der Waals surface area contributed by atoms with Crippen LogP contribution in [-0.2, 0) is 79.2 Å². The zero-order valence-electron chi connectivity index (χ0n) is 49.4. The Kier molecular flexibility index (Phi) is 35.7. The van der Waals surface area contributed by atoms with E-state index in [9.17, 15) is 38.2 Å². The SMILES string of the molecule is CCCCCCCCCCCCCCCC(=O)OC[C@H](COP(=O)(O)OCCNC(=O)COc1ccc2nc1CN(CC(=O)OC)CCN1CC(=O)OC[C@@H]3[C@H](C1)OC(=O)CN3C2)OC(=O)CCCCCCCCCCCCCCC. The first-order chi connectivity index (χ1) is 39.3. The van der Waals surface area contributed by atoms with Gasteiger partial charge < -0.3 is 38.6 Å². The number of fused-ring (bicyclic) bond motifs is 3. The minimum atomic E-state index is -4.74. The van der Waals surface area contributed by atoms with Crippen molar-refractivity contribution in [2.24, 2.45) is 0 Å². The Morgan fingerprint density at radius 1 is 0.704 bits per heavy atom. The summed E-state index contributed by atoms with van der Waals surface area (Å²) in [6.45, 7) is 3.43. The van der Waals surface area contributed by atoms with Gasteiger partial charge in [0, 0.05) is 52.1 Å². The van der Waals surface area contributed by atoms with Gasteiger partial charge in [0.05, 0.1) is 57.4 Å². The molecule has 0 aliphatic carbocycles. The molecule has 2 N–H and O–H groups in total. The molecule has 2 saturated heterocycles. The molecule has 3 aliphatic heterocycles. The van der Waals surface area contributed by atoms with E-state index < -0.39 is 81.6 Å². The van der Waals surface area contributed by atoms with Crippen LogP contribution in [0.4, 0.5) is 0 Å². The second-order valence-corrected chi connectivity index (χ2v) is 23.4. The standard InChI is InChI=1S/C59H100N5O16P/c1-4-6-8-10-12-14-16-18-20-22-24-26-28-30-55(66)75-44-49(79-56(67)31-29-27-25-23-21-19-17-15-13-11-9-7-5-2)45-78-81(71,72)77-37-34-60-54(65)47-74-52-33-32-48-38-64-43-59(70)80-53-40-63(42-58(69)76-46-51(53)64)36-35-62(39-50(52)61-48)41-57(68)73-3/h32-33,49,51,53H,4-31,34-47H2,1-3H3,(H,60,65)(H,71,72)/t49-,51-,53+/m1/s1. The third kappa shape index (κ3) is 31.3. The molecule has 3 unspecified atom stereocenters. The van der Waals surface area contributed by atoms with Crippen LogP contribution in [0.15, 0.2) is 12.1 Å². The van der Waals surface area contributed by atoms with Crippen LogP contribution >= 0.6 is 7.82 Å². The summed E-state index contributed by atoms with van der Waals surface area (Å²) in [4.78, 5) is 97.7. The molecule has 6 bridgehead atoms. The Hall–Kier alpha value is -4.24. The van der Waals surface area contributed by atoms with E-state index in [0.29, 0.717) is 30.8 Å². The normalized spacial score (nSPS) is 19.5. The number of nitrogens with one attached hydrogen (secondary N) is 1. The number of esters is 5. The minimum Gasteiger partial charge on any atom is -0.482 e. The lowest BCUT2D eigenvalue weighted by Gasteiger charge is -2.42. The molecule has 1 amide bonds. The molecule has 0 aromatic carbocycles. The highest BCUT2D eigenvalue weighted by Crippen LogP contribution is 2.43. The maximum Gasteiger partial charge on any atom is 0.472 e. The molecule has 462 valence electrons. The van der Waals surface area contributed by atoms with Gasteiger partial charge in [0.25, 0.3) is 5.91 Å². The average Bonchev–Trinajstić information content (AvgIpc) is 3.71. The maximum atomic E-state index is 13.0. The molecule has 22 heteroatoms. The second-order valence-electron chi connectivity index (χ2n) is 22.0. The number of morpholine rings is 1. The molecule has 1 aromatic heterocycles. The molecule has 1 aromatic rings. The van der Waals surface area contributed by atoms with Gasteiger partial charge in [-0.1, -0.05) is 168 Å². The molecule has 4 heterocycles. The number of unbranched alkanes of at least 4 members (excludes halogenated alkanes) is 24. The van der Waals surface area contributed by atoms with Gasteiger partial charge >= 0.3 is 37.7 Å². The van der Waals surface area contributed by atoms with E-state index in [4.69, 9.17) is 42.5 Å². The molecular weight excluding hydrogens is 1070 g/mol. The number of carbonyl (C=O) groups is 6. The molecular formula is C59H100N5O16P. The summed E-state index contributed by atoms with van der Waals surface area (Å²) in [5.41, 5.74) is 0.959. The van der Waals surface area contributed by atoms with Crippen LogP contribution in [0.5, 0.6) is 5.75 Å². The largest absolute Gasteiger partial charge is 0.482 e. The average molecular weight is 1170 g/mol. The lowest BCUT2D eigenvalue weighted by Crippen LogP contribution is -2.60. The number of hydrogen-bond acceptors (Lipinski definition) is 19. The van der Waals surface area contributed by atoms with E-state index >= 15 is 0 Å². The van der Waals surface area contributed by atoms with Crippen molar-refractivity contribution >= 4 is 43.6 Å². The second kappa shape index (κ2) is 41.7. The van der Waals surface area contributed by atoms with Gasteiger partial charge in [0.1, 0.15) is 25.1 Å². The van der Waals surface area contributed by atoms with Gasteiger partial charge in [-0.25, -0.2) is 4.57 Å². The number of aromatic nitrogens is 1. The molecule has 0 spiro atoms. The Balaban J connectivity index is 1.23. The summed E-state index contributed by atoms with van der Waals surface area (Å²) in [6.07, 6.45) is 29.0. The predicted molar refractivity (Wildman–Crippen MR) is 305 cm³/mol. The Bertz CT molecular complexity index is 2030. The monoisotopic (exact) mass is 1170 g/mol. The van der Waals surface area contributed by atoms with Crippen molar-refractivity contribution in [3.63, 3.8) is 0 Å². The first kappa shape index (κ1) is 69.3. The first-order valence-electron chi connectivity index (χ1n) is 30.7. The molecule has 0 radical (unpaired) electrons. The lowest BCUT2D eigenvalue weighted by atomic mass is 10.0. The Labute approximate surface area is 482 Å². The summed E-state index contributed by atoms with van der Waals surface area (Å²) in [5.74, 6) is -2.65. The van der Waals surface area contributed by atoms with Gasteiger partial charge in [0.2, 0.25) is 0 Å². The van der Waals surface area contributed by atoms with E-state index in [-0.39, 0.29) is 84.2 Å². The first-order valence-corrected chi connectivity index (χ1v) is 32.2. The van der Waals surface area contributed by atoms with Crippen molar-refractivity contribution in [3.8, 4) is 5.75 Å². The smallest absolute Gasteiger partial charge is 0.472 e. The molecule has 4 rings (SSSR count). The number of hydrogen-bond donors (Lipinski definition) is 2. The van der Waals surface area contributed by atoms with Crippen LogP contribution in [-0.4, -0.2) is 165 Å². The van der Waals surface area contributed by atoms with Crippen molar-refractivity contribution in [2.45, 2.75) is 225 Å². The minimum absolute atomic E-state index is 0.0333. The summed E-state index contributed by atoms with van der Waals surface area (Å²) >= 11 is 0. The maximum absolute atomic E-state index is 13.0. The number of pyridine rings is 1. The van der Waals surface area contributed by atoms with E-state index in [0.717, 1.165) is 38.5 Å². The molecule has 6 atom stereocenters. The van der Waals surface area contributed by atoms with E-state index in [1.165, 1.54) is 123 Å². The van der Waals surface area contributed by atoms with Crippen LogP contribution in [0, 0.1) is 0 Å².